The first-order chi connectivity index (χ1) is 8.52. The van der Waals surface area contributed by atoms with E-state index in [0.717, 1.165) is 12.8 Å². The molecule has 5 nitrogen and oxygen atoms in total. The third kappa shape index (κ3) is 4.61. The molecule has 0 radical (unpaired) electrons. The van der Waals surface area contributed by atoms with E-state index >= 15 is 0 Å². The van der Waals surface area contributed by atoms with Crippen molar-refractivity contribution in [1.29, 1.82) is 0 Å². The summed E-state index contributed by atoms with van der Waals surface area (Å²) in [5.41, 5.74) is 5.74. The Morgan fingerprint density at radius 2 is 2.22 bits per heavy atom. The van der Waals surface area contributed by atoms with Crippen LogP contribution in [-0.2, 0) is 16.1 Å². The summed E-state index contributed by atoms with van der Waals surface area (Å²) in [6, 6.07) is 2.84. The molecule has 1 aromatic rings. The summed E-state index contributed by atoms with van der Waals surface area (Å²) < 4.78 is 6.37. The van der Waals surface area contributed by atoms with Crippen LogP contribution in [0, 0.1) is 5.92 Å². The topological polar surface area (TPSA) is 74.3 Å². The standard InChI is InChI=1S/C13H20N2O3/c1-3-4-10(2)9-18-13(17)8-15-7-11(14)5-6-12(15)16/h5-7,10H,3-4,8-9,14H2,1-2H3. The molecule has 0 fully saturated rings. The van der Waals surface area contributed by atoms with Gasteiger partial charge in [0.2, 0.25) is 0 Å². The minimum atomic E-state index is -0.411. The van der Waals surface area contributed by atoms with Crippen LogP contribution in [0.15, 0.2) is 23.1 Å². The molecule has 0 spiro atoms. The fraction of sp³-hybridized carbons (Fsp3) is 0.538. The molecule has 0 saturated carbocycles. The van der Waals surface area contributed by atoms with Gasteiger partial charge >= 0.3 is 5.97 Å². The fourth-order valence-corrected chi connectivity index (χ4v) is 1.67. The van der Waals surface area contributed by atoms with Gasteiger partial charge in [-0.3, -0.25) is 9.59 Å². The molecule has 1 unspecified atom stereocenters. The predicted molar refractivity (Wildman–Crippen MR) is 70.1 cm³/mol. The molecule has 100 valence electrons. The number of esters is 1. The SMILES string of the molecule is CCCC(C)COC(=O)Cn1cc(N)ccc1=O. The van der Waals surface area contributed by atoms with Crippen molar-refractivity contribution >= 4 is 11.7 Å². The van der Waals surface area contributed by atoms with Gasteiger partial charge in [0, 0.05) is 18.0 Å². The molecular weight excluding hydrogens is 232 g/mol. The molecule has 0 aliphatic rings. The summed E-state index contributed by atoms with van der Waals surface area (Å²) in [5.74, 6) is -0.0674. The maximum atomic E-state index is 11.6. The minimum Gasteiger partial charge on any atom is -0.464 e. The number of nitrogens with zero attached hydrogens (tertiary/aromatic N) is 1. The average Bonchev–Trinajstić information content (AvgIpc) is 2.32. The van der Waals surface area contributed by atoms with E-state index in [4.69, 9.17) is 10.5 Å². The van der Waals surface area contributed by atoms with Crippen LogP contribution in [0.25, 0.3) is 0 Å². The smallest absolute Gasteiger partial charge is 0.326 e. The molecule has 0 aliphatic carbocycles. The van der Waals surface area contributed by atoms with E-state index in [1.54, 1.807) is 0 Å². The Morgan fingerprint density at radius 3 is 2.89 bits per heavy atom. The average molecular weight is 252 g/mol. The van der Waals surface area contributed by atoms with E-state index in [1.165, 1.54) is 22.9 Å². The first-order valence-electron chi connectivity index (χ1n) is 6.14. The number of nitrogen functional groups attached to an aromatic ring is 1. The second kappa shape index (κ2) is 6.83. The van der Waals surface area contributed by atoms with E-state index in [0.29, 0.717) is 18.2 Å². The molecule has 0 aromatic carbocycles. The number of hydrogen-bond acceptors (Lipinski definition) is 4. The second-order valence-corrected chi connectivity index (χ2v) is 4.51. The first-order valence-corrected chi connectivity index (χ1v) is 6.14. The molecular formula is C13H20N2O3. The highest BCUT2D eigenvalue weighted by Gasteiger charge is 2.08. The van der Waals surface area contributed by atoms with Crippen LogP contribution >= 0.6 is 0 Å². The normalized spacial score (nSPS) is 12.1. The molecule has 0 amide bonds. The lowest BCUT2D eigenvalue weighted by Gasteiger charge is -2.11. The van der Waals surface area contributed by atoms with Crippen molar-refractivity contribution in [2.45, 2.75) is 33.2 Å². The number of nitrogens with two attached hydrogens (primary N) is 1. The Morgan fingerprint density at radius 1 is 1.50 bits per heavy atom. The lowest BCUT2D eigenvalue weighted by Crippen LogP contribution is -2.25. The highest BCUT2D eigenvalue weighted by molar-refractivity contribution is 5.69. The van der Waals surface area contributed by atoms with E-state index < -0.39 is 5.97 Å². The zero-order chi connectivity index (χ0) is 13.5. The van der Waals surface area contributed by atoms with Crippen molar-refractivity contribution in [3.63, 3.8) is 0 Å². The van der Waals surface area contributed by atoms with E-state index in [2.05, 4.69) is 6.92 Å². The van der Waals surface area contributed by atoms with Crippen LogP contribution < -0.4 is 11.3 Å². The molecule has 0 saturated heterocycles. The first kappa shape index (κ1) is 14.3. The number of hydrogen-bond donors (Lipinski definition) is 1. The molecule has 1 rings (SSSR count). The number of rotatable bonds is 6. The van der Waals surface area contributed by atoms with E-state index in [1.807, 2.05) is 6.92 Å². The maximum absolute atomic E-state index is 11.6. The largest absolute Gasteiger partial charge is 0.464 e. The Kier molecular flexibility index (Phi) is 5.42. The highest BCUT2D eigenvalue weighted by Crippen LogP contribution is 2.05. The minimum absolute atomic E-state index is 0.0945. The Hall–Kier alpha value is -1.78. The maximum Gasteiger partial charge on any atom is 0.326 e. The summed E-state index contributed by atoms with van der Waals surface area (Å²) in [4.78, 5) is 23.0. The van der Waals surface area contributed by atoms with Crippen molar-refractivity contribution < 1.29 is 9.53 Å². The van der Waals surface area contributed by atoms with Gasteiger partial charge in [-0.25, -0.2) is 0 Å². The van der Waals surface area contributed by atoms with Crippen molar-refractivity contribution in [2.24, 2.45) is 5.92 Å². The summed E-state index contributed by atoms with van der Waals surface area (Å²) in [7, 11) is 0. The van der Waals surface area contributed by atoms with Gasteiger partial charge in [0.25, 0.3) is 5.56 Å². The van der Waals surface area contributed by atoms with Gasteiger partial charge < -0.3 is 15.0 Å². The molecule has 1 aromatic heterocycles. The van der Waals surface area contributed by atoms with Gasteiger partial charge in [0.15, 0.2) is 0 Å². The molecule has 18 heavy (non-hydrogen) atoms. The third-order valence-electron chi connectivity index (χ3n) is 2.62. The van der Waals surface area contributed by atoms with Gasteiger partial charge in [0.05, 0.1) is 6.61 Å². The van der Waals surface area contributed by atoms with E-state index in [9.17, 15) is 9.59 Å². The summed E-state index contributed by atoms with van der Waals surface area (Å²) in [6.07, 6.45) is 3.53. The lowest BCUT2D eigenvalue weighted by molar-refractivity contribution is -0.145. The summed E-state index contributed by atoms with van der Waals surface area (Å²) in [5, 5.41) is 0. The van der Waals surface area contributed by atoms with Crippen LogP contribution in [0.1, 0.15) is 26.7 Å². The van der Waals surface area contributed by atoms with Crippen molar-refractivity contribution in [3.8, 4) is 0 Å². The summed E-state index contributed by atoms with van der Waals surface area (Å²) in [6.45, 7) is 4.42. The van der Waals surface area contributed by atoms with Crippen molar-refractivity contribution in [1.82, 2.24) is 4.57 Å². The molecule has 1 atom stereocenters. The Labute approximate surface area is 107 Å². The van der Waals surface area contributed by atoms with Gasteiger partial charge in [-0.1, -0.05) is 20.3 Å². The fourth-order valence-electron chi connectivity index (χ4n) is 1.67. The van der Waals surface area contributed by atoms with Gasteiger partial charge in [0.1, 0.15) is 6.54 Å². The van der Waals surface area contributed by atoms with Crippen LogP contribution in [0.5, 0.6) is 0 Å². The van der Waals surface area contributed by atoms with Crippen LogP contribution in [0.2, 0.25) is 0 Å². The van der Waals surface area contributed by atoms with Crippen molar-refractivity contribution in [2.75, 3.05) is 12.3 Å². The third-order valence-corrected chi connectivity index (χ3v) is 2.62. The Balaban J connectivity index is 2.49. The molecule has 5 heteroatoms. The Bertz CT molecular complexity index is 454. The number of aromatic nitrogens is 1. The zero-order valence-corrected chi connectivity index (χ0v) is 10.9. The summed E-state index contributed by atoms with van der Waals surface area (Å²) >= 11 is 0. The second-order valence-electron chi connectivity index (χ2n) is 4.51. The predicted octanol–water partition coefficient (Wildman–Crippen LogP) is 1.41. The quantitative estimate of drug-likeness (QED) is 0.777. The monoisotopic (exact) mass is 252 g/mol. The van der Waals surface area contributed by atoms with Crippen molar-refractivity contribution in [3.05, 3.63) is 28.7 Å². The molecule has 1 heterocycles. The van der Waals surface area contributed by atoms with Crippen LogP contribution in [-0.4, -0.2) is 17.1 Å². The van der Waals surface area contributed by atoms with Gasteiger partial charge in [-0.2, -0.15) is 0 Å². The number of ether oxygens (including phenoxy) is 1. The zero-order valence-electron chi connectivity index (χ0n) is 10.9. The molecule has 0 aliphatic heterocycles. The van der Waals surface area contributed by atoms with E-state index in [-0.39, 0.29) is 12.1 Å². The van der Waals surface area contributed by atoms with Crippen LogP contribution in [0.3, 0.4) is 0 Å². The number of carbonyl (C=O) groups is 1. The molecule has 0 bridgehead atoms. The van der Waals surface area contributed by atoms with Gasteiger partial charge in [-0.15, -0.1) is 0 Å². The molecule has 2 N–H and O–H groups in total. The lowest BCUT2D eigenvalue weighted by atomic mass is 10.1. The van der Waals surface area contributed by atoms with Crippen LogP contribution in [0.4, 0.5) is 5.69 Å². The number of carbonyl (C=O) groups excluding carboxylic acids is 1. The number of anilines is 1. The van der Waals surface area contributed by atoms with Gasteiger partial charge in [-0.05, 0) is 18.4 Å². The number of pyridine rings is 1. The highest BCUT2D eigenvalue weighted by atomic mass is 16.5.